The molecule has 1 aliphatic rings. The number of amides is 2. The highest BCUT2D eigenvalue weighted by Crippen LogP contribution is 2.21. The van der Waals surface area contributed by atoms with Crippen LogP contribution in [0.15, 0.2) is 53.9 Å². The maximum atomic E-state index is 12.1. The maximum Gasteiger partial charge on any atom is 0.257 e. The Bertz CT molecular complexity index is 784. The minimum atomic E-state index is -0.204. The van der Waals surface area contributed by atoms with Gasteiger partial charge in [-0.05, 0) is 29.8 Å². The molecule has 0 saturated heterocycles. The molecule has 0 spiro atoms. The van der Waals surface area contributed by atoms with E-state index in [-0.39, 0.29) is 17.7 Å². The molecule has 6 nitrogen and oxygen atoms in total. The third-order valence-electron chi connectivity index (χ3n) is 3.93. The van der Waals surface area contributed by atoms with Crippen molar-refractivity contribution in [3.63, 3.8) is 0 Å². The van der Waals surface area contributed by atoms with Gasteiger partial charge in [0, 0.05) is 37.5 Å². The van der Waals surface area contributed by atoms with Crippen LogP contribution < -0.4 is 5.32 Å². The van der Waals surface area contributed by atoms with E-state index >= 15 is 0 Å². The molecular formula is C18H18N4O2. The fourth-order valence-corrected chi connectivity index (χ4v) is 2.57. The molecule has 1 aromatic carbocycles. The zero-order chi connectivity index (χ0) is 17.1. The van der Waals surface area contributed by atoms with Crippen molar-refractivity contribution in [2.24, 2.45) is 11.0 Å². The largest absolute Gasteiger partial charge is 0.322 e. The summed E-state index contributed by atoms with van der Waals surface area (Å²) in [7, 11) is 1.66. The minimum absolute atomic E-state index is 0.0200. The Morgan fingerprint density at radius 1 is 1.25 bits per heavy atom. The summed E-state index contributed by atoms with van der Waals surface area (Å²) in [6.07, 6.45) is 3.60. The van der Waals surface area contributed by atoms with Crippen molar-refractivity contribution in [2.75, 3.05) is 12.4 Å². The van der Waals surface area contributed by atoms with Gasteiger partial charge in [0.1, 0.15) is 0 Å². The molecule has 2 aromatic rings. The molecule has 0 bridgehead atoms. The number of anilines is 1. The van der Waals surface area contributed by atoms with Gasteiger partial charge >= 0.3 is 0 Å². The summed E-state index contributed by atoms with van der Waals surface area (Å²) < 4.78 is 0. The van der Waals surface area contributed by atoms with Gasteiger partial charge < -0.3 is 5.32 Å². The van der Waals surface area contributed by atoms with E-state index in [9.17, 15) is 9.59 Å². The van der Waals surface area contributed by atoms with Gasteiger partial charge in [0.15, 0.2) is 0 Å². The topological polar surface area (TPSA) is 74.7 Å². The second-order valence-corrected chi connectivity index (χ2v) is 5.78. The number of rotatable bonds is 3. The lowest BCUT2D eigenvalue weighted by atomic mass is 9.94. The Morgan fingerprint density at radius 2 is 2.00 bits per heavy atom. The van der Waals surface area contributed by atoms with Gasteiger partial charge in [0.25, 0.3) is 5.91 Å². The van der Waals surface area contributed by atoms with Crippen molar-refractivity contribution in [1.29, 1.82) is 0 Å². The number of carbonyl (C=O) groups excluding carboxylic acids is 2. The summed E-state index contributed by atoms with van der Waals surface area (Å²) in [5, 5.41) is 8.57. The maximum absolute atomic E-state index is 12.1. The van der Waals surface area contributed by atoms with E-state index in [0.29, 0.717) is 17.7 Å². The standard InChI is InChI=1S/C18H18N4O2/c1-12-10-16(23)22(2)21-17(12)13-5-7-15(8-6-13)20-18(24)14-4-3-9-19-11-14/h3-9,11-12H,10H2,1-2H3,(H,20,24). The van der Waals surface area contributed by atoms with Crippen LogP contribution in [0.1, 0.15) is 29.3 Å². The van der Waals surface area contributed by atoms with Crippen LogP contribution in [-0.2, 0) is 4.79 Å². The number of nitrogens with zero attached hydrogens (tertiary/aromatic N) is 3. The predicted octanol–water partition coefficient (Wildman–Crippen LogP) is 2.54. The lowest BCUT2D eigenvalue weighted by molar-refractivity contribution is -0.131. The Kier molecular flexibility index (Phi) is 4.37. The summed E-state index contributed by atoms with van der Waals surface area (Å²) in [5.74, 6) is -0.110. The van der Waals surface area contributed by atoms with Crippen molar-refractivity contribution in [3.8, 4) is 0 Å². The number of pyridine rings is 1. The molecule has 2 heterocycles. The van der Waals surface area contributed by atoms with Gasteiger partial charge in [-0.15, -0.1) is 0 Å². The van der Waals surface area contributed by atoms with Gasteiger partial charge in [0.05, 0.1) is 11.3 Å². The van der Waals surface area contributed by atoms with Crippen LogP contribution in [0, 0.1) is 5.92 Å². The quantitative estimate of drug-likeness (QED) is 0.943. The highest BCUT2D eigenvalue weighted by molar-refractivity contribution is 6.07. The van der Waals surface area contributed by atoms with E-state index < -0.39 is 0 Å². The fourth-order valence-electron chi connectivity index (χ4n) is 2.57. The highest BCUT2D eigenvalue weighted by Gasteiger charge is 2.24. The second kappa shape index (κ2) is 6.62. The molecule has 122 valence electrons. The molecule has 0 aliphatic carbocycles. The lowest BCUT2D eigenvalue weighted by Gasteiger charge is -2.24. The average molecular weight is 322 g/mol. The summed E-state index contributed by atoms with van der Waals surface area (Å²) >= 11 is 0. The first kappa shape index (κ1) is 15.9. The molecule has 1 N–H and O–H groups in total. The minimum Gasteiger partial charge on any atom is -0.322 e. The predicted molar refractivity (Wildman–Crippen MR) is 91.7 cm³/mol. The molecule has 2 amide bonds. The molecule has 0 saturated carbocycles. The Labute approximate surface area is 140 Å². The second-order valence-electron chi connectivity index (χ2n) is 5.78. The Hall–Kier alpha value is -3.02. The number of hydrogen-bond acceptors (Lipinski definition) is 4. The number of hydrogen-bond donors (Lipinski definition) is 1. The molecule has 1 unspecified atom stereocenters. The van der Waals surface area contributed by atoms with Gasteiger partial charge in [-0.1, -0.05) is 19.1 Å². The van der Waals surface area contributed by atoms with Crippen LogP contribution in [0.4, 0.5) is 5.69 Å². The van der Waals surface area contributed by atoms with Crippen molar-refractivity contribution < 1.29 is 9.59 Å². The first-order chi connectivity index (χ1) is 11.5. The van der Waals surface area contributed by atoms with Gasteiger partial charge in [-0.2, -0.15) is 5.10 Å². The lowest BCUT2D eigenvalue weighted by Crippen LogP contribution is -2.33. The van der Waals surface area contributed by atoms with E-state index in [1.807, 2.05) is 31.2 Å². The Morgan fingerprint density at radius 3 is 2.67 bits per heavy atom. The number of benzene rings is 1. The number of nitrogens with one attached hydrogen (secondary N) is 1. The summed E-state index contributed by atoms with van der Waals surface area (Å²) in [6.45, 7) is 1.99. The molecule has 3 rings (SSSR count). The molecule has 1 aliphatic heterocycles. The zero-order valence-corrected chi connectivity index (χ0v) is 13.6. The van der Waals surface area contributed by atoms with Crippen LogP contribution in [0.3, 0.4) is 0 Å². The molecule has 1 aromatic heterocycles. The number of aromatic nitrogens is 1. The molecular weight excluding hydrogens is 304 g/mol. The van der Waals surface area contributed by atoms with Crippen LogP contribution >= 0.6 is 0 Å². The monoisotopic (exact) mass is 322 g/mol. The van der Waals surface area contributed by atoms with Crippen LogP contribution in [-0.4, -0.2) is 34.6 Å². The van der Waals surface area contributed by atoms with E-state index in [4.69, 9.17) is 0 Å². The van der Waals surface area contributed by atoms with Crippen LogP contribution in [0.25, 0.3) is 0 Å². The SMILES string of the molecule is CC1CC(=O)N(C)N=C1c1ccc(NC(=O)c2cccnc2)cc1. The summed E-state index contributed by atoms with van der Waals surface area (Å²) in [5.41, 5.74) is 3.02. The van der Waals surface area contributed by atoms with E-state index in [2.05, 4.69) is 15.4 Å². The average Bonchev–Trinajstić information content (AvgIpc) is 2.60. The summed E-state index contributed by atoms with van der Waals surface area (Å²) in [6, 6.07) is 10.9. The third kappa shape index (κ3) is 3.32. The van der Waals surface area contributed by atoms with Crippen LogP contribution in [0.5, 0.6) is 0 Å². The van der Waals surface area contributed by atoms with Gasteiger partial charge in [-0.25, -0.2) is 5.01 Å². The number of hydrazone groups is 1. The fraction of sp³-hybridized carbons (Fsp3) is 0.222. The highest BCUT2D eigenvalue weighted by atomic mass is 16.2. The van der Waals surface area contributed by atoms with E-state index in [0.717, 1.165) is 11.3 Å². The third-order valence-corrected chi connectivity index (χ3v) is 3.93. The normalized spacial score (nSPS) is 17.4. The first-order valence-electron chi connectivity index (χ1n) is 7.71. The van der Waals surface area contributed by atoms with Gasteiger partial charge in [-0.3, -0.25) is 14.6 Å². The molecule has 0 radical (unpaired) electrons. The zero-order valence-electron chi connectivity index (χ0n) is 13.6. The van der Waals surface area contributed by atoms with Gasteiger partial charge in [0.2, 0.25) is 5.91 Å². The molecule has 1 atom stereocenters. The van der Waals surface area contributed by atoms with E-state index in [1.54, 1.807) is 25.4 Å². The van der Waals surface area contributed by atoms with E-state index in [1.165, 1.54) is 11.2 Å². The molecule has 0 fully saturated rings. The van der Waals surface area contributed by atoms with Crippen molar-refractivity contribution in [3.05, 3.63) is 59.9 Å². The smallest absolute Gasteiger partial charge is 0.257 e. The van der Waals surface area contributed by atoms with Crippen LogP contribution in [0.2, 0.25) is 0 Å². The Balaban J connectivity index is 1.75. The van der Waals surface area contributed by atoms with Crippen molar-refractivity contribution >= 4 is 23.2 Å². The first-order valence-corrected chi connectivity index (χ1v) is 7.71. The molecule has 24 heavy (non-hydrogen) atoms. The van der Waals surface area contributed by atoms with Crippen molar-refractivity contribution in [2.45, 2.75) is 13.3 Å². The molecule has 6 heteroatoms. The number of carbonyl (C=O) groups is 2. The summed E-state index contributed by atoms with van der Waals surface area (Å²) in [4.78, 5) is 27.7. The van der Waals surface area contributed by atoms with Crippen molar-refractivity contribution in [1.82, 2.24) is 9.99 Å².